The van der Waals surface area contributed by atoms with Crippen LogP contribution in [0.3, 0.4) is 0 Å². The van der Waals surface area contributed by atoms with Crippen LogP contribution in [0.1, 0.15) is 24.8 Å². The van der Waals surface area contributed by atoms with Gasteiger partial charge in [-0.25, -0.2) is 0 Å². The summed E-state index contributed by atoms with van der Waals surface area (Å²) in [5.41, 5.74) is 3.95. The first-order chi connectivity index (χ1) is 9.43. The second kappa shape index (κ2) is 6.03. The molecular weight excluding hydrogens is 230 g/mol. The molecule has 0 saturated carbocycles. The Balaban J connectivity index is 1.85. The summed E-state index contributed by atoms with van der Waals surface area (Å²) in [7, 11) is 0. The lowest BCUT2D eigenvalue weighted by Crippen LogP contribution is -2.29. The summed E-state index contributed by atoms with van der Waals surface area (Å²) in [4.78, 5) is 2.56. The molecule has 2 aromatic rings. The van der Waals surface area contributed by atoms with E-state index >= 15 is 0 Å². The summed E-state index contributed by atoms with van der Waals surface area (Å²) in [6.07, 6.45) is 4.07. The van der Waals surface area contributed by atoms with Crippen LogP contribution in [0.2, 0.25) is 0 Å². The van der Waals surface area contributed by atoms with Crippen LogP contribution in [-0.2, 0) is 6.54 Å². The Bertz CT molecular complexity index is 512. The van der Waals surface area contributed by atoms with Gasteiger partial charge in [-0.2, -0.15) is 0 Å². The van der Waals surface area contributed by atoms with Crippen LogP contribution in [0.5, 0.6) is 0 Å². The first-order valence-corrected chi connectivity index (χ1v) is 7.21. The molecule has 1 saturated heterocycles. The molecule has 0 aliphatic carbocycles. The van der Waals surface area contributed by atoms with Crippen molar-refractivity contribution >= 4 is 0 Å². The van der Waals surface area contributed by atoms with Crippen molar-refractivity contribution in [3.63, 3.8) is 0 Å². The topological polar surface area (TPSA) is 3.24 Å². The highest BCUT2D eigenvalue weighted by Crippen LogP contribution is 2.25. The Morgan fingerprint density at radius 2 is 1.68 bits per heavy atom. The maximum atomic E-state index is 3.44. The van der Waals surface area contributed by atoms with Gasteiger partial charge in [0.05, 0.1) is 0 Å². The van der Waals surface area contributed by atoms with Gasteiger partial charge < -0.3 is 0 Å². The molecule has 1 nitrogen and oxygen atoms in total. The highest BCUT2D eigenvalue weighted by molar-refractivity contribution is 5.66. The molecule has 0 atom stereocenters. The van der Waals surface area contributed by atoms with Crippen LogP contribution < -0.4 is 0 Å². The van der Waals surface area contributed by atoms with E-state index in [1.54, 1.807) is 0 Å². The maximum Gasteiger partial charge on any atom is 0.0246 e. The molecule has 1 fully saturated rings. The molecule has 0 aromatic heterocycles. The largest absolute Gasteiger partial charge is 0.299 e. The fraction of sp³-hybridized carbons (Fsp3) is 0.333. The van der Waals surface area contributed by atoms with Gasteiger partial charge in [0.2, 0.25) is 0 Å². The van der Waals surface area contributed by atoms with E-state index in [9.17, 15) is 0 Å². The summed E-state index contributed by atoms with van der Waals surface area (Å²) in [6.45, 7) is 3.50. The average molecular weight is 250 g/mol. The van der Waals surface area contributed by atoms with E-state index in [2.05, 4.69) is 53.4 Å². The minimum atomic E-state index is 1.03. The maximum absolute atomic E-state index is 3.44. The SMILES string of the molecule is [c]1cccc(-c2ccccc2)c1CN1CCCCC1. The standard InChI is InChI=1S/C18H20N/c1-3-9-16(10-4-1)18-12-6-5-11-17(18)15-19-13-7-2-8-14-19/h1,3-6,9-10,12H,2,7-8,13-15H2. The van der Waals surface area contributed by atoms with Crippen LogP contribution in [-0.4, -0.2) is 18.0 Å². The molecular formula is C18H20N. The fourth-order valence-electron chi connectivity index (χ4n) is 2.83. The third-order valence-electron chi connectivity index (χ3n) is 3.86. The molecule has 0 spiro atoms. The van der Waals surface area contributed by atoms with Crippen molar-refractivity contribution in [2.45, 2.75) is 25.8 Å². The molecule has 3 rings (SSSR count). The highest BCUT2D eigenvalue weighted by Gasteiger charge is 2.12. The third kappa shape index (κ3) is 3.05. The molecule has 1 heterocycles. The molecule has 19 heavy (non-hydrogen) atoms. The Morgan fingerprint density at radius 3 is 2.47 bits per heavy atom. The summed E-state index contributed by atoms with van der Waals surface area (Å²) < 4.78 is 0. The van der Waals surface area contributed by atoms with Crippen molar-refractivity contribution in [2.75, 3.05) is 13.1 Å². The molecule has 1 heteroatoms. The second-order valence-corrected chi connectivity index (χ2v) is 5.27. The lowest BCUT2D eigenvalue weighted by Gasteiger charge is -2.27. The van der Waals surface area contributed by atoms with Crippen LogP contribution in [0.4, 0.5) is 0 Å². The summed E-state index contributed by atoms with van der Waals surface area (Å²) >= 11 is 0. The van der Waals surface area contributed by atoms with E-state index in [1.807, 2.05) is 6.07 Å². The molecule has 0 bridgehead atoms. The van der Waals surface area contributed by atoms with E-state index in [-0.39, 0.29) is 0 Å². The quantitative estimate of drug-likeness (QED) is 0.791. The van der Waals surface area contributed by atoms with Crippen molar-refractivity contribution < 1.29 is 0 Å². The zero-order valence-electron chi connectivity index (χ0n) is 11.3. The van der Waals surface area contributed by atoms with Crippen molar-refractivity contribution in [3.8, 4) is 11.1 Å². The van der Waals surface area contributed by atoms with Gasteiger partial charge in [-0.3, -0.25) is 4.90 Å². The Hall–Kier alpha value is -1.60. The zero-order chi connectivity index (χ0) is 12.9. The third-order valence-corrected chi connectivity index (χ3v) is 3.86. The number of hydrogen-bond donors (Lipinski definition) is 0. The predicted molar refractivity (Wildman–Crippen MR) is 79.8 cm³/mol. The van der Waals surface area contributed by atoms with Gasteiger partial charge in [0.1, 0.15) is 0 Å². The predicted octanol–water partition coefficient (Wildman–Crippen LogP) is 4.14. The highest BCUT2D eigenvalue weighted by atomic mass is 15.1. The van der Waals surface area contributed by atoms with Crippen molar-refractivity contribution in [2.24, 2.45) is 0 Å². The average Bonchev–Trinajstić information content (AvgIpc) is 2.50. The number of rotatable bonds is 3. The van der Waals surface area contributed by atoms with Crippen LogP contribution >= 0.6 is 0 Å². The van der Waals surface area contributed by atoms with Crippen molar-refractivity contribution in [1.29, 1.82) is 0 Å². The van der Waals surface area contributed by atoms with Crippen LogP contribution in [0.25, 0.3) is 11.1 Å². The molecule has 0 N–H and O–H groups in total. The van der Waals surface area contributed by atoms with E-state index in [4.69, 9.17) is 0 Å². The van der Waals surface area contributed by atoms with Gasteiger partial charge in [-0.05, 0) is 48.7 Å². The van der Waals surface area contributed by atoms with Crippen molar-refractivity contribution in [3.05, 3.63) is 60.2 Å². The monoisotopic (exact) mass is 250 g/mol. The second-order valence-electron chi connectivity index (χ2n) is 5.27. The molecule has 2 aromatic carbocycles. The normalized spacial score (nSPS) is 16.4. The van der Waals surface area contributed by atoms with E-state index < -0.39 is 0 Å². The van der Waals surface area contributed by atoms with E-state index in [1.165, 1.54) is 49.0 Å². The summed E-state index contributed by atoms with van der Waals surface area (Å²) in [5.74, 6) is 0. The Labute approximate surface area is 115 Å². The first kappa shape index (κ1) is 12.4. The van der Waals surface area contributed by atoms with Crippen LogP contribution in [0, 0.1) is 6.07 Å². The number of benzene rings is 2. The molecule has 0 unspecified atom stereocenters. The van der Waals surface area contributed by atoms with E-state index in [0.717, 1.165) is 6.54 Å². The number of hydrogen-bond acceptors (Lipinski definition) is 1. The summed E-state index contributed by atoms with van der Waals surface area (Å²) in [5, 5.41) is 0. The van der Waals surface area contributed by atoms with E-state index in [0.29, 0.717) is 0 Å². The lowest BCUT2D eigenvalue weighted by molar-refractivity contribution is 0.221. The first-order valence-electron chi connectivity index (χ1n) is 7.21. The molecule has 1 aliphatic heterocycles. The number of likely N-dealkylation sites (tertiary alicyclic amines) is 1. The van der Waals surface area contributed by atoms with Gasteiger partial charge >= 0.3 is 0 Å². The smallest absolute Gasteiger partial charge is 0.0246 e. The fourth-order valence-corrected chi connectivity index (χ4v) is 2.83. The van der Waals surface area contributed by atoms with Gasteiger partial charge in [0.25, 0.3) is 0 Å². The minimum Gasteiger partial charge on any atom is -0.299 e. The van der Waals surface area contributed by atoms with Crippen LogP contribution in [0.15, 0.2) is 48.5 Å². The Morgan fingerprint density at radius 1 is 0.895 bits per heavy atom. The zero-order valence-corrected chi connectivity index (χ0v) is 11.3. The molecule has 97 valence electrons. The molecule has 1 aliphatic rings. The molecule has 0 amide bonds. The lowest BCUT2D eigenvalue weighted by atomic mass is 9.99. The number of piperidine rings is 1. The Kier molecular flexibility index (Phi) is 3.95. The van der Waals surface area contributed by atoms with Gasteiger partial charge in [-0.1, -0.05) is 55.0 Å². The van der Waals surface area contributed by atoms with Crippen molar-refractivity contribution in [1.82, 2.24) is 4.90 Å². The van der Waals surface area contributed by atoms with Gasteiger partial charge in [-0.15, -0.1) is 0 Å². The summed E-state index contributed by atoms with van der Waals surface area (Å²) in [6, 6.07) is 20.4. The molecule has 1 radical (unpaired) electrons. The minimum absolute atomic E-state index is 1.03. The van der Waals surface area contributed by atoms with Gasteiger partial charge in [0.15, 0.2) is 0 Å². The van der Waals surface area contributed by atoms with Gasteiger partial charge in [0, 0.05) is 6.54 Å². The number of nitrogens with zero attached hydrogens (tertiary/aromatic N) is 1.